The second kappa shape index (κ2) is 8.77. The molecule has 0 aliphatic rings. The van der Waals surface area contributed by atoms with Crippen LogP contribution < -0.4 is 14.8 Å². The highest BCUT2D eigenvalue weighted by atomic mass is 35.5. The molecule has 0 amide bonds. The molecular formula is C18H15ClN4O4S. The van der Waals surface area contributed by atoms with E-state index in [4.69, 9.17) is 21.1 Å². The summed E-state index contributed by atoms with van der Waals surface area (Å²) in [6, 6.07) is 12.0. The van der Waals surface area contributed by atoms with E-state index in [0.29, 0.717) is 22.2 Å². The summed E-state index contributed by atoms with van der Waals surface area (Å²) in [6.45, 7) is 0. The van der Waals surface area contributed by atoms with E-state index >= 15 is 0 Å². The first kappa shape index (κ1) is 19.7. The van der Waals surface area contributed by atoms with Crippen molar-refractivity contribution in [1.29, 1.82) is 0 Å². The van der Waals surface area contributed by atoms with Crippen LogP contribution >= 0.6 is 23.4 Å². The van der Waals surface area contributed by atoms with Gasteiger partial charge in [-0.25, -0.2) is 9.97 Å². The lowest BCUT2D eigenvalue weighted by Gasteiger charge is -2.12. The molecule has 3 aromatic rings. The van der Waals surface area contributed by atoms with E-state index in [9.17, 15) is 10.1 Å². The molecule has 1 heterocycles. The lowest BCUT2D eigenvalue weighted by atomic mass is 10.2. The number of aromatic nitrogens is 2. The van der Waals surface area contributed by atoms with Crippen molar-refractivity contribution in [3.05, 3.63) is 63.9 Å². The Hall–Kier alpha value is -3.04. The number of ether oxygens (including phenoxy) is 2. The number of nitrogens with one attached hydrogen (secondary N) is 1. The molecule has 2 aromatic carbocycles. The van der Waals surface area contributed by atoms with Gasteiger partial charge in [0.2, 0.25) is 5.82 Å². The van der Waals surface area contributed by atoms with Crippen molar-refractivity contribution in [2.45, 2.75) is 9.92 Å². The minimum absolute atomic E-state index is 0.0555. The second-order valence-electron chi connectivity index (χ2n) is 5.38. The number of hydrogen-bond acceptors (Lipinski definition) is 8. The molecule has 0 bridgehead atoms. The number of anilines is 2. The number of halogens is 1. The lowest BCUT2D eigenvalue weighted by molar-refractivity contribution is -0.387. The maximum atomic E-state index is 11.7. The fourth-order valence-electron chi connectivity index (χ4n) is 2.34. The van der Waals surface area contributed by atoms with Gasteiger partial charge in [0.05, 0.1) is 24.8 Å². The first-order valence-electron chi connectivity index (χ1n) is 7.93. The summed E-state index contributed by atoms with van der Waals surface area (Å²) in [4.78, 5) is 20.1. The molecule has 0 aliphatic heterocycles. The van der Waals surface area contributed by atoms with Gasteiger partial charge in [0.1, 0.15) is 17.8 Å². The van der Waals surface area contributed by atoms with Crippen LogP contribution in [0, 0.1) is 10.1 Å². The van der Waals surface area contributed by atoms with Crippen molar-refractivity contribution in [2.75, 3.05) is 19.5 Å². The molecule has 0 fully saturated rings. The van der Waals surface area contributed by atoms with Gasteiger partial charge in [-0.2, -0.15) is 0 Å². The minimum Gasteiger partial charge on any atom is -0.497 e. The Kier molecular flexibility index (Phi) is 6.17. The Bertz CT molecular complexity index is 1000. The number of nitrogens with zero attached hydrogens (tertiary/aromatic N) is 3. The maximum Gasteiger partial charge on any atom is 0.343 e. The van der Waals surface area contributed by atoms with Crippen LogP contribution in [0.1, 0.15) is 0 Å². The Morgan fingerprint density at radius 1 is 1.11 bits per heavy atom. The minimum atomic E-state index is -0.517. The monoisotopic (exact) mass is 418 g/mol. The van der Waals surface area contributed by atoms with E-state index in [-0.39, 0.29) is 16.5 Å². The molecular weight excluding hydrogens is 404 g/mol. The SMILES string of the molecule is COc1ccc(Nc2ncnc(Sc3ccc(Cl)cc3)c2[N+](=O)[O-])c(OC)c1. The molecule has 144 valence electrons. The molecule has 3 rings (SSSR count). The van der Waals surface area contributed by atoms with Crippen molar-refractivity contribution in [3.63, 3.8) is 0 Å². The van der Waals surface area contributed by atoms with E-state index in [0.717, 1.165) is 16.7 Å². The zero-order chi connectivity index (χ0) is 20.1. The highest BCUT2D eigenvalue weighted by molar-refractivity contribution is 7.99. The van der Waals surface area contributed by atoms with Crippen LogP contribution in [0.4, 0.5) is 17.2 Å². The van der Waals surface area contributed by atoms with E-state index in [2.05, 4.69) is 15.3 Å². The van der Waals surface area contributed by atoms with Crippen LogP contribution in [0.25, 0.3) is 0 Å². The molecule has 0 radical (unpaired) electrons. The molecule has 10 heteroatoms. The van der Waals surface area contributed by atoms with Crippen LogP contribution in [0.3, 0.4) is 0 Å². The van der Waals surface area contributed by atoms with Gasteiger partial charge in [-0.3, -0.25) is 10.1 Å². The van der Waals surface area contributed by atoms with Gasteiger partial charge < -0.3 is 14.8 Å². The first-order valence-corrected chi connectivity index (χ1v) is 9.13. The smallest absolute Gasteiger partial charge is 0.343 e. The fraction of sp³-hybridized carbons (Fsp3) is 0.111. The molecule has 0 saturated carbocycles. The second-order valence-corrected chi connectivity index (χ2v) is 6.88. The highest BCUT2D eigenvalue weighted by Gasteiger charge is 2.24. The van der Waals surface area contributed by atoms with Gasteiger partial charge in [0.15, 0.2) is 5.03 Å². The van der Waals surface area contributed by atoms with Crippen molar-refractivity contribution in [1.82, 2.24) is 9.97 Å². The van der Waals surface area contributed by atoms with Gasteiger partial charge >= 0.3 is 5.69 Å². The third kappa shape index (κ3) is 4.44. The Labute approximate surface area is 170 Å². The van der Waals surface area contributed by atoms with E-state index in [1.165, 1.54) is 20.5 Å². The summed E-state index contributed by atoms with van der Waals surface area (Å²) in [5.74, 6) is 1.11. The predicted molar refractivity (Wildman–Crippen MR) is 107 cm³/mol. The lowest BCUT2D eigenvalue weighted by Crippen LogP contribution is -2.04. The van der Waals surface area contributed by atoms with Crippen molar-refractivity contribution in [2.24, 2.45) is 0 Å². The number of methoxy groups -OCH3 is 2. The van der Waals surface area contributed by atoms with Gasteiger partial charge in [-0.05, 0) is 36.4 Å². The topological polar surface area (TPSA) is 99.4 Å². The molecule has 8 nitrogen and oxygen atoms in total. The van der Waals surface area contributed by atoms with Crippen LogP contribution in [0.5, 0.6) is 11.5 Å². The zero-order valence-corrected chi connectivity index (χ0v) is 16.5. The van der Waals surface area contributed by atoms with Crippen LogP contribution in [0.2, 0.25) is 5.02 Å². The summed E-state index contributed by atoms with van der Waals surface area (Å²) < 4.78 is 10.5. The molecule has 0 saturated heterocycles. The summed E-state index contributed by atoms with van der Waals surface area (Å²) in [7, 11) is 3.04. The molecule has 1 N–H and O–H groups in total. The van der Waals surface area contributed by atoms with Crippen molar-refractivity contribution < 1.29 is 14.4 Å². The van der Waals surface area contributed by atoms with Crippen molar-refractivity contribution >= 4 is 40.6 Å². The summed E-state index contributed by atoms with van der Waals surface area (Å²) in [5.41, 5.74) is 0.271. The molecule has 0 aliphatic carbocycles. The maximum absolute atomic E-state index is 11.7. The number of hydrogen-bond donors (Lipinski definition) is 1. The van der Waals surface area contributed by atoms with E-state index in [1.807, 2.05) is 0 Å². The zero-order valence-electron chi connectivity index (χ0n) is 14.9. The summed E-state index contributed by atoms with van der Waals surface area (Å²) in [5, 5.41) is 15.5. The Balaban J connectivity index is 1.98. The standard InChI is InChI=1S/C18H15ClN4O4S/c1-26-12-5-8-14(15(9-12)27-2)22-17-16(23(24)25)18(21-10-20-17)28-13-6-3-11(19)4-7-13/h3-10H,1-2H3,(H,20,21,22). The largest absolute Gasteiger partial charge is 0.497 e. The Morgan fingerprint density at radius 3 is 2.50 bits per heavy atom. The van der Waals surface area contributed by atoms with Gasteiger partial charge in [0, 0.05) is 16.0 Å². The number of rotatable bonds is 7. The normalized spacial score (nSPS) is 10.4. The summed E-state index contributed by atoms with van der Waals surface area (Å²) >= 11 is 7.04. The van der Waals surface area contributed by atoms with Gasteiger partial charge in [-0.15, -0.1) is 0 Å². The summed E-state index contributed by atoms with van der Waals surface area (Å²) in [6.07, 6.45) is 1.27. The van der Waals surface area contributed by atoms with Crippen LogP contribution in [0.15, 0.2) is 58.7 Å². The molecule has 0 spiro atoms. The van der Waals surface area contributed by atoms with E-state index < -0.39 is 4.92 Å². The predicted octanol–water partition coefficient (Wildman–Crippen LogP) is 4.95. The van der Waals surface area contributed by atoms with Crippen LogP contribution in [-0.4, -0.2) is 29.1 Å². The first-order chi connectivity index (χ1) is 13.5. The highest BCUT2D eigenvalue weighted by Crippen LogP contribution is 2.39. The molecule has 28 heavy (non-hydrogen) atoms. The quantitative estimate of drug-likeness (QED) is 0.327. The number of benzene rings is 2. The van der Waals surface area contributed by atoms with Gasteiger partial charge in [0.25, 0.3) is 0 Å². The molecule has 0 unspecified atom stereocenters. The number of nitro groups is 1. The van der Waals surface area contributed by atoms with Gasteiger partial charge in [-0.1, -0.05) is 23.4 Å². The average molecular weight is 419 g/mol. The van der Waals surface area contributed by atoms with Crippen molar-refractivity contribution in [3.8, 4) is 11.5 Å². The third-order valence-electron chi connectivity index (χ3n) is 3.66. The van der Waals surface area contributed by atoms with Crippen LogP contribution in [-0.2, 0) is 0 Å². The van der Waals surface area contributed by atoms with E-state index in [1.54, 1.807) is 42.5 Å². The fourth-order valence-corrected chi connectivity index (χ4v) is 3.33. The molecule has 1 aromatic heterocycles. The average Bonchev–Trinajstić information content (AvgIpc) is 2.70. The Morgan fingerprint density at radius 2 is 1.86 bits per heavy atom. The third-order valence-corrected chi connectivity index (χ3v) is 4.91. The molecule has 0 atom stereocenters.